The Morgan fingerprint density at radius 2 is 2.25 bits per heavy atom. The fourth-order valence-corrected chi connectivity index (χ4v) is 2.04. The molecule has 0 aliphatic carbocycles. The predicted octanol–water partition coefficient (Wildman–Crippen LogP) is 0.400. The number of H-pyrrole nitrogens is 1. The van der Waals surface area contributed by atoms with Gasteiger partial charge in [-0.3, -0.25) is 9.36 Å². The molecule has 0 aliphatic rings. The monoisotopic (exact) mass is 245 g/mol. The van der Waals surface area contributed by atoms with Crippen molar-refractivity contribution < 1.29 is 9.53 Å². The van der Waals surface area contributed by atoms with Gasteiger partial charge < -0.3 is 4.74 Å². The predicted molar refractivity (Wildman–Crippen MR) is 60.3 cm³/mol. The highest BCUT2D eigenvalue weighted by Crippen LogP contribution is 2.26. The molecular formula is C9H15N3O3S. The lowest BCUT2D eigenvalue weighted by molar-refractivity contribution is -0.149. The van der Waals surface area contributed by atoms with Crippen LogP contribution in [0.15, 0.2) is 9.95 Å². The van der Waals surface area contributed by atoms with E-state index < -0.39 is 5.41 Å². The second-order valence-corrected chi connectivity index (χ2v) is 4.98. The van der Waals surface area contributed by atoms with E-state index in [9.17, 15) is 9.59 Å². The maximum atomic E-state index is 11.4. The molecule has 1 aromatic heterocycles. The van der Waals surface area contributed by atoms with E-state index in [4.69, 9.17) is 0 Å². The number of ether oxygens (including phenoxy) is 1. The summed E-state index contributed by atoms with van der Waals surface area (Å²) in [5.74, 6) is 0.221. The van der Waals surface area contributed by atoms with Crippen LogP contribution in [-0.4, -0.2) is 33.6 Å². The molecule has 90 valence electrons. The van der Waals surface area contributed by atoms with Crippen LogP contribution in [0.2, 0.25) is 0 Å². The molecule has 0 saturated carbocycles. The van der Waals surface area contributed by atoms with Gasteiger partial charge in [-0.25, -0.2) is 9.89 Å². The lowest BCUT2D eigenvalue weighted by Crippen LogP contribution is -2.28. The zero-order chi connectivity index (χ0) is 12.3. The highest BCUT2D eigenvalue weighted by atomic mass is 32.2. The minimum atomic E-state index is -0.603. The topological polar surface area (TPSA) is 77.0 Å². The highest BCUT2D eigenvalue weighted by Gasteiger charge is 2.29. The second kappa shape index (κ2) is 4.73. The number of carbonyl (C=O) groups excluding carboxylic acids is 1. The number of nitrogens with one attached hydrogen (secondary N) is 1. The normalized spacial score (nSPS) is 11.5. The summed E-state index contributed by atoms with van der Waals surface area (Å²) >= 11 is 1.34. The molecule has 0 bridgehead atoms. The van der Waals surface area contributed by atoms with E-state index in [1.807, 2.05) is 0 Å². The largest absolute Gasteiger partial charge is 0.469 e. The summed E-state index contributed by atoms with van der Waals surface area (Å²) in [6.45, 7) is 3.58. The van der Waals surface area contributed by atoms with Crippen LogP contribution >= 0.6 is 11.8 Å². The number of esters is 1. The van der Waals surface area contributed by atoms with E-state index in [0.717, 1.165) is 0 Å². The third-order valence-electron chi connectivity index (χ3n) is 2.14. The Morgan fingerprint density at radius 3 is 2.69 bits per heavy atom. The van der Waals surface area contributed by atoms with Crippen LogP contribution < -0.4 is 5.69 Å². The molecule has 0 radical (unpaired) electrons. The summed E-state index contributed by atoms with van der Waals surface area (Å²) in [6, 6.07) is 0. The maximum Gasteiger partial charge on any atom is 0.343 e. The smallest absolute Gasteiger partial charge is 0.343 e. The molecule has 0 saturated heterocycles. The Hall–Kier alpha value is -1.24. The molecule has 6 nitrogen and oxygen atoms in total. The number of thioether (sulfide) groups is 1. The van der Waals surface area contributed by atoms with Crippen molar-refractivity contribution in [3.8, 4) is 0 Å². The van der Waals surface area contributed by atoms with Gasteiger partial charge in [-0.1, -0.05) is 11.8 Å². The van der Waals surface area contributed by atoms with Crippen LogP contribution in [0.4, 0.5) is 0 Å². The highest BCUT2D eigenvalue weighted by molar-refractivity contribution is 7.99. The molecule has 0 amide bonds. The number of carbonyl (C=O) groups is 1. The molecule has 16 heavy (non-hydrogen) atoms. The van der Waals surface area contributed by atoms with E-state index >= 15 is 0 Å². The number of aromatic nitrogens is 3. The molecule has 1 N–H and O–H groups in total. The molecule has 0 aliphatic heterocycles. The van der Waals surface area contributed by atoms with Gasteiger partial charge in [0.1, 0.15) is 0 Å². The van der Waals surface area contributed by atoms with E-state index in [1.54, 1.807) is 20.9 Å². The van der Waals surface area contributed by atoms with Crippen molar-refractivity contribution in [1.29, 1.82) is 0 Å². The first-order valence-electron chi connectivity index (χ1n) is 4.71. The van der Waals surface area contributed by atoms with E-state index in [-0.39, 0.29) is 11.7 Å². The van der Waals surface area contributed by atoms with E-state index in [2.05, 4.69) is 14.9 Å². The molecule has 0 fully saturated rings. The first-order valence-corrected chi connectivity index (χ1v) is 5.69. The molecular weight excluding hydrogens is 230 g/mol. The van der Waals surface area contributed by atoms with Crippen LogP contribution in [0.1, 0.15) is 13.8 Å². The lowest BCUT2D eigenvalue weighted by Gasteiger charge is -2.20. The summed E-state index contributed by atoms with van der Waals surface area (Å²) in [6.07, 6.45) is 0. The average Bonchev–Trinajstić information content (AvgIpc) is 2.56. The molecule has 0 atom stereocenters. The zero-order valence-electron chi connectivity index (χ0n) is 9.73. The fraction of sp³-hybridized carbons (Fsp3) is 0.667. The molecule has 0 spiro atoms. The minimum Gasteiger partial charge on any atom is -0.469 e. The van der Waals surface area contributed by atoms with Crippen molar-refractivity contribution in [2.45, 2.75) is 19.0 Å². The number of aromatic amines is 1. The Morgan fingerprint density at radius 1 is 1.62 bits per heavy atom. The Balaban J connectivity index is 2.68. The number of hydrogen-bond donors (Lipinski definition) is 1. The van der Waals surface area contributed by atoms with Gasteiger partial charge in [-0.2, -0.15) is 0 Å². The molecule has 1 aromatic rings. The van der Waals surface area contributed by atoms with Gasteiger partial charge in [-0.05, 0) is 13.8 Å². The fourth-order valence-electron chi connectivity index (χ4n) is 1.04. The van der Waals surface area contributed by atoms with Crippen LogP contribution in [0, 0.1) is 5.41 Å². The van der Waals surface area contributed by atoms with Crippen molar-refractivity contribution in [2.75, 3.05) is 12.9 Å². The number of nitrogens with zero attached hydrogens (tertiary/aromatic N) is 2. The number of methoxy groups -OCH3 is 1. The number of hydrogen-bond acceptors (Lipinski definition) is 5. The SMILES string of the molecule is COC(=O)C(C)(C)CSc1n[nH]c(=O)n1C. The standard InChI is InChI=1S/C9H15N3O3S/c1-9(2,6(13)15-4)5-16-8-11-10-7(14)12(8)3/h5H2,1-4H3,(H,10,14). The van der Waals surface area contributed by atoms with E-state index in [1.165, 1.54) is 23.4 Å². The van der Waals surface area contributed by atoms with Crippen molar-refractivity contribution in [3.63, 3.8) is 0 Å². The van der Waals surface area contributed by atoms with Crippen molar-refractivity contribution in [3.05, 3.63) is 10.5 Å². The summed E-state index contributed by atoms with van der Waals surface area (Å²) in [5, 5.41) is 6.73. The van der Waals surface area contributed by atoms with Gasteiger partial charge in [0.05, 0.1) is 12.5 Å². The summed E-state index contributed by atoms with van der Waals surface area (Å²) in [7, 11) is 2.98. The molecule has 1 rings (SSSR count). The summed E-state index contributed by atoms with van der Waals surface area (Å²) in [4.78, 5) is 22.5. The van der Waals surface area contributed by atoms with Crippen molar-refractivity contribution in [1.82, 2.24) is 14.8 Å². The third-order valence-corrected chi connectivity index (χ3v) is 3.63. The van der Waals surface area contributed by atoms with Gasteiger partial charge in [0, 0.05) is 12.8 Å². The number of rotatable bonds is 4. The third kappa shape index (κ3) is 2.66. The molecule has 1 heterocycles. The summed E-state index contributed by atoms with van der Waals surface area (Å²) < 4.78 is 6.09. The average molecular weight is 245 g/mol. The van der Waals surface area contributed by atoms with Crippen LogP contribution in [-0.2, 0) is 16.6 Å². The first kappa shape index (κ1) is 12.8. The van der Waals surface area contributed by atoms with Crippen molar-refractivity contribution >= 4 is 17.7 Å². The van der Waals surface area contributed by atoms with Gasteiger partial charge in [0.25, 0.3) is 0 Å². The summed E-state index contributed by atoms with van der Waals surface area (Å²) in [5.41, 5.74) is -0.868. The Labute approximate surface area is 97.4 Å². The van der Waals surface area contributed by atoms with Gasteiger partial charge in [0.2, 0.25) is 0 Å². The Kier molecular flexibility index (Phi) is 3.79. The van der Waals surface area contributed by atoms with E-state index in [0.29, 0.717) is 10.9 Å². The van der Waals surface area contributed by atoms with Crippen molar-refractivity contribution in [2.24, 2.45) is 12.5 Å². The van der Waals surface area contributed by atoms with Gasteiger partial charge >= 0.3 is 11.7 Å². The van der Waals surface area contributed by atoms with Gasteiger partial charge in [0.15, 0.2) is 5.16 Å². The minimum absolute atomic E-state index is 0.265. The zero-order valence-corrected chi connectivity index (χ0v) is 10.6. The van der Waals surface area contributed by atoms with Crippen LogP contribution in [0.5, 0.6) is 0 Å². The van der Waals surface area contributed by atoms with Crippen LogP contribution in [0.3, 0.4) is 0 Å². The molecule has 0 unspecified atom stereocenters. The molecule has 0 aromatic carbocycles. The lowest BCUT2D eigenvalue weighted by atomic mass is 9.97. The van der Waals surface area contributed by atoms with Gasteiger partial charge in [-0.15, -0.1) is 5.10 Å². The van der Waals surface area contributed by atoms with Crippen LogP contribution in [0.25, 0.3) is 0 Å². The maximum absolute atomic E-state index is 11.4. The Bertz CT molecular complexity index is 435. The molecule has 7 heteroatoms. The second-order valence-electron chi connectivity index (χ2n) is 4.03. The first-order chi connectivity index (χ1) is 7.38. The quantitative estimate of drug-likeness (QED) is 0.613.